The van der Waals surface area contributed by atoms with Gasteiger partial charge in [-0.25, -0.2) is 0 Å². The first-order valence-electron chi connectivity index (χ1n) is 8.10. The van der Waals surface area contributed by atoms with Crippen molar-refractivity contribution in [2.24, 2.45) is 0 Å². The number of anilines is 3. The molecule has 3 N–H and O–H groups in total. The summed E-state index contributed by atoms with van der Waals surface area (Å²) >= 11 is 0. The van der Waals surface area contributed by atoms with E-state index >= 15 is 0 Å². The van der Waals surface area contributed by atoms with Crippen molar-refractivity contribution in [2.45, 2.75) is 6.18 Å². The van der Waals surface area contributed by atoms with Crippen LogP contribution in [0.1, 0.15) is 5.56 Å². The molecule has 1 aromatic carbocycles. The molecule has 12 heteroatoms. The van der Waals surface area contributed by atoms with Gasteiger partial charge in [0, 0.05) is 11.9 Å². The molecule has 146 valence electrons. The van der Waals surface area contributed by atoms with Crippen LogP contribution in [0.3, 0.4) is 0 Å². The summed E-state index contributed by atoms with van der Waals surface area (Å²) in [6.07, 6.45) is -3.44. The highest BCUT2D eigenvalue weighted by molar-refractivity contribution is 5.59. The van der Waals surface area contributed by atoms with E-state index in [-0.39, 0.29) is 23.5 Å². The van der Waals surface area contributed by atoms with E-state index in [0.29, 0.717) is 5.69 Å². The molecule has 0 spiro atoms. The molecule has 0 aliphatic rings. The first kappa shape index (κ1) is 18.3. The molecule has 0 aliphatic carbocycles. The highest BCUT2D eigenvalue weighted by Crippen LogP contribution is 2.35. The third-order valence-corrected chi connectivity index (χ3v) is 3.62. The maximum absolute atomic E-state index is 13.2. The Balaban J connectivity index is 1.69. The minimum Gasteiger partial charge on any atom is -0.368 e. The molecule has 3 heterocycles. The Bertz CT molecular complexity index is 1150. The van der Waals surface area contributed by atoms with Gasteiger partial charge in [-0.3, -0.25) is 4.98 Å². The average Bonchev–Trinajstić information content (AvgIpc) is 3.18. The van der Waals surface area contributed by atoms with E-state index in [2.05, 4.69) is 35.4 Å². The zero-order valence-electron chi connectivity index (χ0n) is 14.4. The molecule has 0 unspecified atom stereocenters. The zero-order chi connectivity index (χ0) is 20.4. The molecule has 0 bridgehead atoms. The van der Waals surface area contributed by atoms with Gasteiger partial charge in [0.1, 0.15) is 5.69 Å². The van der Waals surface area contributed by atoms with Crippen molar-refractivity contribution in [2.75, 3.05) is 11.1 Å². The van der Waals surface area contributed by atoms with Crippen LogP contribution in [-0.4, -0.2) is 30.1 Å². The number of rotatable bonds is 4. The van der Waals surface area contributed by atoms with Gasteiger partial charge in [0.25, 0.3) is 5.89 Å². The van der Waals surface area contributed by atoms with Gasteiger partial charge in [0.05, 0.1) is 5.56 Å². The maximum atomic E-state index is 13.2. The number of alkyl halides is 3. The number of benzene rings is 1. The van der Waals surface area contributed by atoms with Crippen molar-refractivity contribution in [3.63, 3.8) is 0 Å². The Morgan fingerprint density at radius 2 is 1.69 bits per heavy atom. The maximum Gasteiger partial charge on any atom is 0.418 e. The van der Waals surface area contributed by atoms with Crippen LogP contribution < -0.4 is 11.1 Å². The summed E-state index contributed by atoms with van der Waals surface area (Å²) in [7, 11) is 0. The fourth-order valence-electron chi connectivity index (χ4n) is 2.41. The summed E-state index contributed by atoms with van der Waals surface area (Å²) in [4.78, 5) is 19.7. The van der Waals surface area contributed by atoms with E-state index in [1.54, 1.807) is 12.1 Å². The molecule has 0 atom stereocenters. The van der Waals surface area contributed by atoms with Crippen LogP contribution in [0.2, 0.25) is 0 Å². The highest BCUT2D eigenvalue weighted by atomic mass is 19.4. The molecule has 3 aromatic heterocycles. The van der Waals surface area contributed by atoms with E-state index in [9.17, 15) is 13.2 Å². The molecule has 4 aromatic rings. The second kappa shape index (κ2) is 7.14. The average molecular weight is 400 g/mol. The zero-order valence-corrected chi connectivity index (χ0v) is 14.4. The van der Waals surface area contributed by atoms with Gasteiger partial charge >= 0.3 is 6.18 Å². The summed E-state index contributed by atoms with van der Waals surface area (Å²) in [5.41, 5.74) is 4.90. The Labute approximate surface area is 160 Å². The molecule has 0 aliphatic heterocycles. The SMILES string of the molecule is Nc1nc(Nc2ccccc2)nc(-c2noc(-c3ncccc3C(F)(F)F)n2)n1. The molecule has 9 nitrogen and oxygen atoms in total. The third-order valence-electron chi connectivity index (χ3n) is 3.62. The Hall–Kier alpha value is -4.09. The van der Waals surface area contributed by atoms with Crippen molar-refractivity contribution in [1.29, 1.82) is 0 Å². The number of para-hydroxylation sites is 1. The summed E-state index contributed by atoms with van der Waals surface area (Å²) in [6.45, 7) is 0. The second-order valence-electron chi connectivity index (χ2n) is 5.65. The molecular formula is C17H11F3N8O. The molecule has 0 radical (unpaired) electrons. The number of nitrogens with zero attached hydrogens (tertiary/aromatic N) is 6. The Kier molecular flexibility index (Phi) is 4.50. The third kappa shape index (κ3) is 3.95. The van der Waals surface area contributed by atoms with Crippen LogP contribution in [0.25, 0.3) is 23.2 Å². The lowest BCUT2D eigenvalue weighted by molar-refractivity contribution is -0.137. The van der Waals surface area contributed by atoms with Crippen LogP contribution in [-0.2, 0) is 6.18 Å². The number of nitrogens with two attached hydrogens (primary N) is 1. The number of nitrogens with one attached hydrogen (secondary N) is 1. The lowest BCUT2D eigenvalue weighted by atomic mass is 10.2. The topological polar surface area (TPSA) is 129 Å². The van der Waals surface area contributed by atoms with Gasteiger partial charge in [-0.05, 0) is 24.3 Å². The summed E-state index contributed by atoms with van der Waals surface area (Å²) in [5, 5.41) is 6.58. The van der Waals surface area contributed by atoms with Crippen molar-refractivity contribution < 1.29 is 17.7 Å². The normalized spacial score (nSPS) is 11.4. The molecular weight excluding hydrogens is 389 g/mol. The van der Waals surface area contributed by atoms with E-state index in [4.69, 9.17) is 10.3 Å². The van der Waals surface area contributed by atoms with Crippen molar-refractivity contribution >= 4 is 17.6 Å². The lowest BCUT2D eigenvalue weighted by Crippen LogP contribution is -2.08. The van der Waals surface area contributed by atoms with Crippen molar-refractivity contribution in [1.82, 2.24) is 30.1 Å². The van der Waals surface area contributed by atoms with Crippen LogP contribution >= 0.6 is 0 Å². The predicted octanol–water partition coefficient (Wildman–Crippen LogP) is 3.33. The number of aromatic nitrogens is 6. The van der Waals surface area contributed by atoms with E-state index in [1.807, 2.05) is 18.2 Å². The van der Waals surface area contributed by atoms with Crippen molar-refractivity contribution in [3.8, 4) is 23.2 Å². The lowest BCUT2D eigenvalue weighted by Gasteiger charge is -2.08. The molecule has 0 amide bonds. The Morgan fingerprint density at radius 1 is 0.897 bits per heavy atom. The Morgan fingerprint density at radius 3 is 2.45 bits per heavy atom. The fourth-order valence-corrected chi connectivity index (χ4v) is 2.41. The van der Waals surface area contributed by atoms with Gasteiger partial charge < -0.3 is 15.6 Å². The fraction of sp³-hybridized carbons (Fsp3) is 0.0588. The number of pyridine rings is 1. The number of hydrogen-bond acceptors (Lipinski definition) is 9. The van der Waals surface area contributed by atoms with Crippen LogP contribution in [0, 0.1) is 0 Å². The van der Waals surface area contributed by atoms with E-state index < -0.39 is 23.3 Å². The van der Waals surface area contributed by atoms with Crippen molar-refractivity contribution in [3.05, 3.63) is 54.2 Å². The first-order chi connectivity index (χ1) is 13.9. The largest absolute Gasteiger partial charge is 0.418 e. The number of halogens is 3. The van der Waals surface area contributed by atoms with E-state index in [0.717, 1.165) is 12.1 Å². The predicted molar refractivity (Wildman–Crippen MR) is 95.5 cm³/mol. The van der Waals surface area contributed by atoms with Gasteiger partial charge in [-0.15, -0.1) is 0 Å². The first-order valence-corrected chi connectivity index (χ1v) is 8.10. The van der Waals surface area contributed by atoms with Crippen LogP contribution in [0.15, 0.2) is 53.2 Å². The summed E-state index contributed by atoms with van der Waals surface area (Å²) in [6, 6.07) is 11.1. The summed E-state index contributed by atoms with van der Waals surface area (Å²) in [5.74, 6) is -0.684. The molecule has 0 fully saturated rings. The van der Waals surface area contributed by atoms with Gasteiger partial charge in [-0.2, -0.15) is 33.1 Å². The smallest absolute Gasteiger partial charge is 0.368 e. The standard InChI is InChI=1S/C17H11F3N8O/c18-17(19,20)10-7-4-8-22-11(10)14-24-13(28-29-14)12-25-15(21)27-16(26-12)23-9-5-2-1-3-6-9/h1-8H,(H3,21,23,25,26,27). The molecule has 0 saturated heterocycles. The molecule has 29 heavy (non-hydrogen) atoms. The molecule has 0 saturated carbocycles. The quantitative estimate of drug-likeness (QED) is 0.530. The van der Waals surface area contributed by atoms with Crippen LogP contribution in [0.4, 0.5) is 30.8 Å². The second-order valence-corrected chi connectivity index (χ2v) is 5.65. The molecule has 4 rings (SSSR count). The van der Waals surface area contributed by atoms with Gasteiger partial charge in [0.2, 0.25) is 23.5 Å². The number of nitrogen functional groups attached to an aromatic ring is 1. The minimum atomic E-state index is -4.64. The minimum absolute atomic E-state index is 0.0737. The van der Waals surface area contributed by atoms with Gasteiger partial charge in [-0.1, -0.05) is 23.4 Å². The highest BCUT2D eigenvalue weighted by Gasteiger charge is 2.36. The monoisotopic (exact) mass is 400 g/mol. The van der Waals surface area contributed by atoms with E-state index in [1.165, 1.54) is 6.20 Å². The van der Waals surface area contributed by atoms with Crippen LogP contribution in [0.5, 0.6) is 0 Å². The number of hydrogen-bond donors (Lipinski definition) is 2. The van der Waals surface area contributed by atoms with Gasteiger partial charge in [0.15, 0.2) is 0 Å². The summed E-state index contributed by atoms with van der Waals surface area (Å²) < 4.78 is 44.5.